The summed E-state index contributed by atoms with van der Waals surface area (Å²) >= 11 is 0. The number of nitrogens with one attached hydrogen (secondary N) is 1. The van der Waals surface area contributed by atoms with Crippen LogP contribution in [0.4, 0.5) is 4.39 Å². The Kier molecular flexibility index (Phi) is 6.50. The molecule has 1 atom stereocenters. The Labute approximate surface area is 114 Å². The lowest BCUT2D eigenvalue weighted by Crippen LogP contribution is -2.30. The number of hydrogen-bond acceptors (Lipinski definition) is 2. The van der Waals surface area contributed by atoms with Crippen LogP contribution in [0.2, 0.25) is 0 Å². The van der Waals surface area contributed by atoms with Crippen LogP contribution in [-0.4, -0.2) is 37.5 Å². The lowest BCUT2D eigenvalue weighted by Gasteiger charge is -2.14. The minimum atomic E-state index is -0.202. The maximum atomic E-state index is 12.8. The summed E-state index contributed by atoms with van der Waals surface area (Å²) in [5.74, 6) is -0.0421. The van der Waals surface area contributed by atoms with E-state index in [9.17, 15) is 9.18 Å². The minimum Gasteiger partial charge on any atom is -0.349 e. The number of benzene rings is 1. The van der Waals surface area contributed by atoms with Crippen molar-refractivity contribution in [2.24, 2.45) is 0 Å². The van der Waals surface area contributed by atoms with Crippen molar-refractivity contribution >= 4 is 5.91 Å². The molecule has 1 unspecified atom stereocenters. The Balaban J connectivity index is 2.19. The fourth-order valence-corrected chi connectivity index (χ4v) is 1.86. The first-order chi connectivity index (χ1) is 8.99. The van der Waals surface area contributed by atoms with Crippen molar-refractivity contribution < 1.29 is 9.18 Å². The van der Waals surface area contributed by atoms with Crippen molar-refractivity contribution in [3.63, 3.8) is 0 Å². The van der Waals surface area contributed by atoms with Gasteiger partial charge in [0.1, 0.15) is 5.82 Å². The summed E-state index contributed by atoms with van der Waals surface area (Å²) in [6.45, 7) is 2.92. The molecule has 0 saturated carbocycles. The van der Waals surface area contributed by atoms with Gasteiger partial charge in [0.15, 0.2) is 0 Å². The standard InChI is InChI=1S/C15H23FN2O/c1-12(11-13-6-8-14(16)9-7-13)17-10-4-5-15(19)18(2)3/h6-9,12,17H,4-5,10-11H2,1-3H3. The molecule has 0 aliphatic rings. The molecule has 106 valence electrons. The van der Waals surface area contributed by atoms with E-state index in [1.807, 2.05) is 12.1 Å². The van der Waals surface area contributed by atoms with E-state index in [0.717, 1.165) is 24.9 Å². The van der Waals surface area contributed by atoms with Crippen LogP contribution in [0.3, 0.4) is 0 Å². The van der Waals surface area contributed by atoms with Crippen LogP contribution in [-0.2, 0) is 11.2 Å². The highest BCUT2D eigenvalue weighted by atomic mass is 19.1. The molecule has 0 radical (unpaired) electrons. The highest BCUT2D eigenvalue weighted by Crippen LogP contribution is 2.05. The molecule has 0 fully saturated rings. The van der Waals surface area contributed by atoms with Crippen LogP contribution in [0, 0.1) is 5.82 Å². The van der Waals surface area contributed by atoms with Gasteiger partial charge in [-0.2, -0.15) is 0 Å². The molecule has 1 rings (SSSR count). The highest BCUT2D eigenvalue weighted by molar-refractivity contribution is 5.75. The summed E-state index contributed by atoms with van der Waals surface area (Å²) < 4.78 is 12.8. The summed E-state index contributed by atoms with van der Waals surface area (Å²) in [6.07, 6.45) is 2.27. The topological polar surface area (TPSA) is 32.3 Å². The van der Waals surface area contributed by atoms with E-state index in [1.54, 1.807) is 19.0 Å². The van der Waals surface area contributed by atoms with Gasteiger partial charge in [0.2, 0.25) is 5.91 Å². The van der Waals surface area contributed by atoms with Crippen molar-refractivity contribution in [1.82, 2.24) is 10.2 Å². The molecule has 0 aliphatic heterocycles. The van der Waals surface area contributed by atoms with Crippen LogP contribution in [0.15, 0.2) is 24.3 Å². The summed E-state index contributed by atoms with van der Waals surface area (Å²) in [7, 11) is 3.54. The molecule has 0 aromatic heterocycles. The van der Waals surface area contributed by atoms with Crippen LogP contribution in [0.5, 0.6) is 0 Å². The lowest BCUT2D eigenvalue weighted by molar-refractivity contribution is -0.128. The minimum absolute atomic E-state index is 0.160. The molecule has 0 saturated heterocycles. The van der Waals surface area contributed by atoms with Gasteiger partial charge >= 0.3 is 0 Å². The fourth-order valence-electron chi connectivity index (χ4n) is 1.86. The zero-order valence-corrected chi connectivity index (χ0v) is 11.9. The van der Waals surface area contributed by atoms with Gasteiger partial charge in [-0.3, -0.25) is 4.79 Å². The number of carbonyl (C=O) groups excluding carboxylic acids is 1. The number of nitrogens with zero attached hydrogens (tertiary/aromatic N) is 1. The SMILES string of the molecule is CC(Cc1ccc(F)cc1)NCCCC(=O)N(C)C. The van der Waals surface area contributed by atoms with E-state index in [0.29, 0.717) is 12.5 Å². The molecular weight excluding hydrogens is 243 g/mol. The van der Waals surface area contributed by atoms with Crippen molar-refractivity contribution in [2.75, 3.05) is 20.6 Å². The normalized spacial score (nSPS) is 12.2. The molecule has 0 bridgehead atoms. The number of halogens is 1. The van der Waals surface area contributed by atoms with Gasteiger partial charge in [0.05, 0.1) is 0 Å². The Morgan fingerprint density at radius 2 is 1.95 bits per heavy atom. The largest absolute Gasteiger partial charge is 0.349 e. The van der Waals surface area contributed by atoms with Gasteiger partial charge in [0.25, 0.3) is 0 Å². The molecule has 0 heterocycles. The van der Waals surface area contributed by atoms with Gasteiger partial charge in [-0.15, -0.1) is 0 Å². The van der Waals surface area contributed by atoms with Gasteiger partial charge in [0, 0.05) is 26.6 Å². The zero-order valence-electron chi connectivity index (χ0n) is 11.9. The third-order valence-corrected chi connectivity index (χ3v) is 3.01. The summed E-state index contributed by atoms with van der Waals surface area (Å²) in [4.78, 5) is 13.0. The molecule has 1 amide bonds. The molecule has 1 aromatic rings. The van der Waals surface area contributed by atoms with Crippen LogP contribution in [0.1, 0.15) is 25.3 Å². The first kappa shape index (κ1) is 15.6. The van der Waals surface area contributed by atoms with Crippen molar-refractivity contribution in [3.05, 3.63) is 35.6 Å². The van der Waals surface area contributed by atoms with E-state index in [1.165, 1.54) is 12.1 Å². The second-order valence-corrected chi connectivity index (χ2v) is 5.08. The molecule has 4 heteroatoms. The van der Waals surface area contributed by atoms with Gasteiger partial charge < -0.3 is 10.2 Å². The van der Waals surface area contributed by atoms with E-state index >= 15 is 0 Å². The van der Waals surface area contributed by atoms with Crippen LogP contribution >= 0.6 is 0 Å². The van der Waals surface area contributed by atoms with Gasteiger partial charge in [-0.1, -0.05) is 12.1 Å². The quantitative estimate of drug-likeness (QED) is 0.767. The average Bonchev–Trinajstić information content (AvgIpc) is 2.37. The third-order valence-electron chi connectivity index (χ3n) is 3.01. The van der Waals surface area contributed by atoms with E-state index in [-0.39, 0.29) is 11.7 Å². The van der Waals surface area contributed by atoms with E-state index in [4.69, 9.17) is 0 Å². The summed E-state index contributed by atoms with van der Waals surface area (Å²) in [6, 6.07) is 6.90. The number of hydrogen-bond donors (Lipinski definition) is 1. The van der Waals surface area contributed by atoms with E-state index in [2.05, 4.69) is 12.2 Å². The molecule has 19 heavy (non-hydrogen) atoms. The van der Waals surface area contributed by atoms with Crippen molar-refractivity contribution in [1.29, 1.82) is 0 Å². The smallest absolute Gasteiger partial charge is 0.222 e. The zero-order chi connectivity index (χ0) is 14.3. The predicted octanol–water partition coefficient (Wildman–Crippen LogP) is 2.21. The Hall–Kier alpha value is -1.42. The first-order valence-electron chi connectivity index (χ1n) is 6.67. The lowest BCUT2D eigenvalue weighted by atomic mass is 10.1. The Morgan fingerprint density at radius 3 is 2.53 bits per heavy atom. The maximum absolute atomic E-state index is 12.8. The average molecular weight is 266 g/mol. The van der Waals surface area contributed by atoms with Crippen LogP contribution in [0.25, 0.3) is 0 Å². The molecular formula is C15H23FN2O. The second kappa shape index (κ2) is 7.89. The van der Waals surface area contributed by atoms with Crippen LogP contribution < -0.4 is 5.32 Å². The van der Waals surface area contributed by atoms with E-state index < -0.39 is 0 Å². The number of amides is 1. The molecule has 0 aliphatic carbocycles. The number of rotatable bonds is 7. The Morgan fingerprint density at radius 1 is 1.32 bits per heavy atom. The summed E-state index contributed by atoms with van der Waals surface area (Å²) in [5, 5.41) is 3.38. The highest BCUT2D eigenvalue weighted by Gasteiger charge is 2.05. The molecule has 0 spiro atoms. The number of carbonyl (C=O) groups is 1. The monoisotopic (exact) mass is 266 g/mol. The summed E-state index contributed by atoms with van der Waals surface area (Å²) in [5.41, 5.74) is 1.12. The molecule has 3 nitrogen and oxygen atoms in total. The van der Waals surface area contributed by atoms with Crippen molar-refractivity contribution in [2.45, 2.75) is 32.2 Å². The van der Waals surface area contributed by atoms with Gasteiger partial charge in [-0.05, 0) is 44.0 Å². The predicted molar refractivity (Wildman–Crippen MR) is 75.5 cm³/mol. The Bertz CT molecular complexity index is 390. The van der Waals surface area contributed by atoms with Crippen molar-refractivity contribution in [3.8, 4) is 0 Å². The second-order valence-electron chi connectivity index (χ2n) is 5.08. The third kappa shape index (κ3) is 6.34. The molecule has 1 N–H and O–H groups in total. The molecule has 1 aromatic carbocycles. The first-order valence-corrected chi connectivity index (χ1v) is 6.67. The fraction of sp³-hybridized carbons (Fsp3) is 0.533. The van der Waals surface area contributed by atoms with Gasteiger partial charge in [-0.25, -0.2) is 4.39 Å². The maximum Gasteiger partial charge on any atom is 0.222 e.